The summed E-state index contributed by atoms with van der Waals surface area (Å²) < 4.78 is 6.05. The van der Waals surface area contributed by atoms with E-state index in [0.717, 1.165) is 51.4 Å². The highest BCUT2D eigenvalue weighted by atomic mass is 16.5. The Bertz CT molecular complexity index is 1210. The zero-order valence-corrected chi connectivity index (χ0v) is 30.3. The average Bonchev–Trinajstić information content (AvgIpc) is 3.25. The fourth-order valence-corrected chi connectivity index (χ4v) is 8.06. The predicted molar refractivity (Wildman–Crippen MR) is 180 cm³/mol. The molecular formula is C36H61N5O6. The number of carbonyl (C=O) groups excluding carboxylic acids is 5. The zero-order valence-electron chi connectivity index (χ0n) is 30.3. The topological polar surface area (TPSA) is 160 Å². The second kappa shape index (κ2) is 13.7. The number of ketones is 1. The third kappa shape index (κ3) is 8.49. The normalized spacial score (nSPS) is 27.0. The van der Waals surface area contributed by atoms with Crippen LogP contribution in [0.25, 0.3) is 0 Å². The number of hydrogen-bond donors (Lipinski definition) is 4. The second-order valence-corrected chi connectivity index (χ2v) is 17.8. The van der Waals surface area contributed by atoms with Gasteiger partial charge in [-0.05, 0) is 74.0 Å². The lowest BCUT2D eigenvalue weighted by molar-refractivity contribution is -0.146. The average molecular weight is 660 g/mol. The van der Waals surface area contributed by atoms with Crippen molar-refractivity contribution in [2.24, 2.45) is 39.7 Å². The molecule has 1 saturated heterocycles. The standard InChI is InChI=1S/C36H61N5O6/c1-33(2,3)24(20-47-34(4,5)6)39-32(46)40-28(36(9)16-11-10-12-17-36)31(45)41-19-22-25(35(22,7)8)26(41)30(44)38-23(27(42)29(37)43)18-21-14-13-15-21/h21-26,28H,10-20H2,1-9H3,(H2,37,43)(H,38,44)(H2,39,40,46)/t22-,23?,24+,25-,26-,28+/m0/s1. The Hall–Kier alpha value is -2.69. The molecule has 5 N–H and O–H groups in total. The number of Topliss-reactive ketones (excluding diaryl/α,β-unsaturated/α-hetero) is 1. The van der Waals surface area contributed by atoms with Crippen LogP contribution in [-0.4, -0.2) is 77.4 Å². The van der Waals surface area contributed by atoms with Crippen LogP contribution in [0, 0.1) is 34.0 Å². The third-order valence-corrected chi connectivity index (χ3v) is 11.7. The molecule has 1 heterocycles. The van der Waals surface area contributed by atoms with Crippen molar-refractivity contribution in [2.45, 2.75) is 150 Å². The van der Waals surface area contributed by atoms with Gasteiger partial charge in [0.05, 0.1) is 24.3 Å². The van der Waals surface area contributed by atoms with Gasteiger partial charge in [-0.1, -0.05) is 80.1 Å². The number of urea groups is 1. The second-order valence-electron chi connectivity index (χ2n) is 17.8. The smallest absolute Gasteiger partial charge is 0.315 e. The summed E-state index contributed by atoms with van der Waals surface area (Å²) in [4.78, 5) is 68.9. The van der Waals surface area contributed by atoms with Crippen LogP contribution in [-0.2, 0) is 23.9 Å². The van der Waals surface area contributed by atoms with Gasteiger partial charge in [-0.2, -0.15) is 0 Å². The molecule has 3 aliphatic carbocycles. The highest BCUT2D eigenvalue weighted by Gasteiger charge is 2.70. The summed E-state index contributed by atoms with van der Waals surface area (Å²) in [6.07, 6.45) is 7.83. The summed E-state index contributed by atoms with van der Waals surface area (Å²) >= 11 is 0. The molecule has 11 nitrogen and oxygen atoms in total. The lowest BCUT2D eigenvalue weighted by Gasteiger charge is -2.43. The van der Waals surface area contributed by atoms with Crippen molar-refractivity contribution in [3.8, 4) is 0 Å². The SMILES string of the molecule is CC(C)(C)OC[C@@H](NC(=O)N[C@H](C(=O)N1C[C@H]2[C@@H]([C@H]1C(=O)NC(CC1CCC1)C(=O)C(N)=O)C2(C)C)C1(C)CCCCC1)C(C)(C)C. The molecule has 4 rings (SSSR count). The number of nitrogens with one attached hydrogen (secondary N) is 3. The Morgan fingerprint density at radius 1 is 0.894 bits per heavy atom. The molecule has 47 heavy (non-hydrogen) atoms. The first-order chi connectivity index (χ1) is 21.7. The van der Waals surface area contributed by atoms with Gasteiger partial charge in [0.1, 0.15) is 12.1 Å². The first-order valence-corrected chi connectivity index (χ1v) is 17.8. The van der Waals surface area contributed by atoms with E-state index in [1.807, 2.05) is 41.5 Å². The highest BCUT2D eigenvalue weighted by Crippen LogP contribution is 2.65. The van der Waals surface area contributed by atoms with Crippen molar-refractivity contribution in [3.05, 3.63) is 0 Å². The van der Waals surface area contributed by atoms with Crippen molar-refractivity contribution < 1.29 is 28.7 Å². The van der Waals surface area contributed by atoms with E-state index in [-0.39, 0.29) is 46.1 Å². The number of ether oxygens (including phenoxy) is 1. The van der Waals surface area contributed by atoms with Crippen molar-refractivity contribution in [1.29, 1.82) is 0 Å². The van der Waals surface area contributed by atoms with E-state index in [4.69, 9.17) is 10.5 Å². The number of nitrogens with two attached hydrogens (primary N) is 1. The van der Waals surface area contributed by atoms with Crippen LogP contribution in [0.3, 0.4) is 0 Å². The molecule has 4 aliphatic rings. The molecule has 0 aromatic carbocycles. The van der Waals surface area contributed by atoms with Crippen LogP contribution < -0.4 is 21.7 Å². The summed E-state index contributed by atoms with van der Waals surface area (Å²) in [6.45, 7) is 19.0. The van der Waals surface area contributed by atoms with Crippen molar-refractivity contribution in [3.63, 3.8) is 0 Å². The minimum atomic E-state index is -1.07. The molecule has 266 valence electrons. The first kappa shape index (κ1) is 37.1. The van der Waals surface area contributed by atoms with E-state index in [9.17, 15) is 24.0 Å². The number of amides is 5. The van der Waals surface area contributed by atoms with E-state index in [0.29, 0.717) is 19.6 Å². The Morgan fingerprint density at radius 2 is 1.51 bits per heavy atom. The van der Waals surface area contributed by atoms with Gasteiger partial charge in [-0.3, -0.25) is 19.2 Å². The first-order valence-electron chi connectivity index (χ1n) is 17.8. The minimum Gasteiger partial charge on any atom is -0.374 e. The zero-order chi connectivity index (χ0) is 35.1. The molecule has 4 fully saturated rings. The lowest BCUT2D eigenvalue weighted by atomic mass is 9.70. The summed E-state index contributed by atoms with van der Waals surface area (Å²) in [5, 5.41) is 9.04. The number of fused-ring (bicyclic) bond motifs is 1. The van der Waals surface area contributed by atoms with Gasteiger partial charge in [0.2, 0.25) is 17.6 Å². The van der Waals surface area contributed by atoms with Crippen LogP contribution in [0.1, 0.15) is 120 Å². The van der Waals surface area contributed by atoms with E-state index < -0.39 is 47.2 Å². The minimum absolute atomic E-state index is 0.0899. The number of likely N-dealkylation sites (tertiary alicyclic amines) is 1. The van der Waals surface area contributed by atoms with E-state index in [1.54, 1.807) is 4.90 Å². The van der Waals surface area contributed by atoms with Crippen molar-refractivity contribution >= 4 is 29.5 Å². The van der Waals surface area contributed by atoms with E-state index in [2.05, 4.69) is 36.7 Å². The molecule has 3 saturated carbocycles. The molecule has 0 aromatic heterocycles. The monoisotopic (exact) mass is 659 g/mol. The molecule has 5 amide bonds. The Kier molecular flexibility index (Phi) is 10.8. The molecule has 0 aromatic rings. The van der Waals surface area contributed by atoms with Gasteiger partial charge < -0.3 is 31.3 Å². The van der Waals surface area contributed by atoms with Crippen LogP contribution in [0.2, 0.25) is 0 Å². The third-order valence-electron chi connectivity index (χ3n) is 11.7. The molecule has 1 aliphatic heterocycles. The number of carbonyl (C=O) groups is 5. The predicted octanol–water partition coefficient (Wildman–Crippen LogP) is 4.07. The molecular weight excluding hydrogens is 598 g/mol. The van der Waals surface area contributed by atoms with Gasteiger partial charge in [-0.25, -0.2) is 4.79 Å². The molecule has 1 unspecified atom stereocenters. The fourth-order valence-electron chi connectivity index (χ4n) is 8.06. The number of rotatable bonds is 12. The highest BCUT2D eigenvalue weighted by molar-refractivity contribution is 6.37. The number of hydrogen-bond acceptors (Lipinski definition) is 6. The molecule has 6 atom stereocenters. The summed E-state index contributed by atoms with van der Waals surface area (Å²) in [5.74, 6) is -2.30. The van der Waals surface area contributed by atoms with Gasteiger partial charge in [0.15, 0.2) is 0 Å². The maximum Gasteiger partial charge on any atom is 0.315 e. The molecule has 0 radical (unpaired) electrons. The Balaban J connectivity index is 1.58. The van der Waals surface area contributed by atoms with Gasteiger partial charge >= 0.3 is 6.03 Å². The Labute approximate surface area is 281 Å². The van der Waals surface area contributed by atoms with Crippen LogP contribution >= 0.6 is 0 Å². The number of piperidine rings is 1. The Morgan fingerprint density at radius 3 is 2.02 bits per heavy atom. The molecule has 0 bridgehead atoms. The summed E-state index contributed by atoms with van der Waals surface area (Å²) in [6, 6.07) is -3.42. The van der Waals surface area contributed by atoms with Gasteiger partial charge in [0.25, 0.3) is 5.91 Å². The van der Waals surface area contributed by atoms with Gasteiger partial charge in [0, 0.05) is 6.54 Å². The molecule has 11 heteroatoms. The van der Waals surface area contributed by atoms with E-state index in [1.165, 1.54) is 0 Å². The number of primary amides is 1. The van der Waals surface area contributed by atoms with Crippen LogP contribution in [0.4, 0.5) is 4.79 Å². The number of nitrogens with zero attached hydrogens (tertiary/aromatic N) is 1. The summed E-state index contributed by atoms with van der Waals surface area (Å²) in [7, 11) is 0. The summed E-state index contributed by atoms with van der Waals surface area (Å²) in [5.41, 5.74) is 4.04. The maximum atomic E-state index is 14.7. The van der Waals surface area contributed by atoms with Gasteiger partial charge in [-0.15, -0.1) is 0 Å². The quantitative estimate of drug-likeness (QED) is 0.231. The van der Waals surface area contributed by atoms with E-state index >= 15 is 0 Å². The van der Waals surface area contributed by atoms with Crippen LogP contribution in [0.5, 0.6) is 0 Å². The van der Waals surface area contributed by atoms with Crippen LogP contribution in [0.15, 0.2) is 0 Å². The maximum absolute atomic E-state index is 14.7. The fraction of sp³-hybridized carbons (Fsp3) is 0.861. The van der Waals surface area contributed by atoms with Crippen molar-refractivity contribution in [2.75, 3.05) is 13.2 Å². The lowest BCUT2D eigenvalue weighted by Crippen LogP contribution is -2.63. The van der Waals surface area contributed by atoms with Crippen molar-refractivity contribution in [1.82, 2.24) is 20.9 Å². The molecule has 0 spiro atoms. The largest absolute Gasteiger partial charge is 0.374 e.